The summed E-state index contributed by atoms with van der Waals surface area (Å²) in [5, 5.41) is 26.2. The van der Waals surface area contributed by atoms with Crippen LogP contribution in [0.15, 0.2) is 53.3 Å². The molecule has 0 saturated carbocycles. The van der Waals surface area contributed by atoms with Gasteiger partial charge in [-0.3, -0.25) is 4.57 Å². The van der Waals surface area contributed by atoms with Gasteiger partial charge in [0.1, 0.15) is 12.4 Å². The Balaban J connectivity index is 0.000000646. The van der Waals surface area contributed by atoms with Gasteiger partial charge in [0.2, 0.25) is 0 Å². The Morgan fingerprint density at radius 3 is 2.12 bits per heavy atom. The summed E-state index contributed by atoms with van der Waals surface area (Å²) in [7, 11) is 0. The number of hydrogen-bond donors (Lipinski definition) is 3. The van der Waals surface area contributed by atoms with Crippen LogP contribution in [0.1, 0.15) is 24.6 Å². The third-order valence-electron chi connectivity index (χ3n) is 5.46. The highest BCUT2D eigenvalue weighted by Crippen LogP contribution is 2.25. The molecule has 0 amide bonds. The third-order valence-corrected chi connectivity index (χ3v) is 6.03. The van der Waals surface area contributed by atoms with Gasteiger partial charge < -0.3 is 15.9 Å². The minimum atomic E-state index is -5.08. The summed E-state index contributed by atoms with van der Waals surface area (Å²) in [5.41, 5.74) is 6.00. The second kappa shape index (κ2) is 13.2. The van der Waals surface area contributed by atoms with Crippen LogP contribution in [0.3, 0.4) is 0 Å². The topological polar surface area (TPSA) is 154 Å². The molecule has 2 heterocycles. The summed E-state index contributed by atoms with van der Waals surface area (Å²) >= 11 is 12.2. The highest BCUT2D eigenvalue weighted by molar-refractivity contribution is 6.32. The quantitative estimate of drug-likeness (QED) is 0.250. The average Bonchev–Trinajstić information content (AvgIpc) is 3.46. The smallest absolute Gasteiger partial charge is 0.475 e. The number of para-hydroxylation sites is 1. The van der Waals surface area contributed by atoms with Crippen LogP contribution in [0.5, 0.6) is 0 Å². The van der Waals surface area contributed by atoms with Gasteiger partial charge in [-0.05, 0) is 43.3 Å². The van der Waals surface area contributed by atoms with Gasteiger partial charge in [0.15, 0.2) is 17.8 Å². The predicted octanol–water partition coefficient (Wildman–Crippen LogP) is 4.22. The fraction of sp³-hybridized carbons (Fsp3) is 0.292. The molecule has 0 aliphatic rings. The summed E-state index contributed by atoms with van der Waals surface area (Å²) < 4.78 is 74.1. The number of carboxylic acids is 1. The minimum absolute atomic E-state index is 0.0853. The Morgan fingerprint density at radius 2 is 1.60 bits per heavy atom. The van der Waals surface area contributed by atoms with Crippen molar-refractivity contribution < 1.29 is 41.4 Å². The van der Waals surface area contributed by atoms with E-state index >= 15 is 0 Å². The summed E-state index contributed by atoms with van der Waals surface area (Å²) in [4.78, 5) is 26.4. The zero-order valence-electron chi connectivity index (χ0n) is 21.7. The number of carboxylic acid groups (broad SMARTS) is 1. The number of aromatic nitrogens is 6. The number of halogens is 8. The molecule has 11 nitrogen and oxygen atoms in total. The molecule has 4 N–H and O–H groups in total. The van der Waals surface area contributed by atoms with E-state index in [0.717, 1.165) is 9.25 Å². The second-order valence-corrected chi connectivity index (χ2v) is 9.62. The number of nitrogens with zero attached hydrogens (tertiary/aromatic N) is 6. The fourth-order valence-electron chi connectivity index (χ4n) is 3.46. The summed E-state index contributed by atoms with van der Waals surface area (Å²) in [6.07, 6.45) is -12.8. The van der Waals surface area contributed by atoms with Crippen LogP contribution in [0.2, 0.25) is 10.0 Å². The normalized spacial score (nSPS) is 13.3. The SMILES string of the molecule is CC(N)c1nc(Cn2nc(-c3ccc(Cl)cc3)n(CC(O)C(F)(F)F)c2=O)nn1-c1ccccc1Cl.O=C(O)C(F)(F)F. The van der Waals surface area contributed by atoms with Crippen LogP contribution in [-0.2, 0) is 17.9 Å². The van der Waals surface area contributed by atoms with Crippen molar-refractivity contribution >= 4 is 29.2 Å². The van der Waals surface area contributed by atoms with E-state index in [1.54, 1.807) is 31.2 Å². The molecule has 0 bridgehead atoms. The highest BCUT2D eigenvalue weighted by atomic mass is 35.5. The van der Waals surface area contributed by atoms with Gasteiger partial charge in [-0.2, -0.15) is 26.3 Å². The molecule has 2 aromatic heterocycles. The molecule has 0 aliphatic heterocycles. The number of aliphatic hydroxyl groups excluding tert-OH is 1. The molecule has 2 unspecified atom stereocenters. The van der Waals surface area contributed by atoms with Gasteiger partial charge in [-0.1, -0.05) is 35.3 Å². The van der Waals surface area contributed by atoms with Crippen molar-refractivity contribution in [2.45, 2.75) is 44.5 Å². The molecule has 0 saturated heterocycles. The van der Waals surface area contributed by atoms with Gasteiger partial charge in [-0.25, -0.2) is 23.9 Å². The van der Waals surface area contributed by atoms with Crippen molar-refractivity contribution in [3.05, 3.63) is 80.7 Å². The summed E-state index contributed by atoms with van der Waals surface area (Å²) in [5.74, 6) is -2.35. The first-order chi connectivity index (χ1) is 19.9. The molecule has 232 valence electrons. The van der Waals surface area contributed by atoms with Gasteiger partial charge in [-0.15, -0.1) is 10.2 Å². The van der Waals surface area contributed by atoms with Crippen molar-refractivity contribution in [1.29, 1.82) is 0 Å². The molecule has 4 aromatic rings. The largest absolute Gasteiger partial charge is 0.490 e. The monoisotopic (exact) mass is 655 g/mol. The standard InChI is InChI=1S/C22H20Cl2F3N7O2.C2HF3O2/c1-12(28)19-29-18(30-34(19)16-5-3-2-4-15(16)24)11-33-21(36)32(10-17(35)22(25,26)27)20(31-33)13-6-8-14(23)9-7-13;3-2(4,5)1(6)7/h2-9,12,17,35H,10-11,28H2,1H3;(H,6,7). The van der Waals surface area contributed by atoms with Crippen LogP contribution < -0.4 is 11.4 Å². The van der Waals surface area contributed by atoms with E-state index in [9.17, 15) is 36.2 Å². The predicted molar refractivity (Wildman–Crippen MR) is 141 cm³/mol. The Morgan fingerprint density at radius 1 is 1.02 bits per heavy atom. The fourth-order valence-corrected chi connectivity index (χ4v) is 3.80. The van der Waals surface area contributed by atoms with Gasteiger partial charge in [0.05, 0.1) is 23.3 Å². The van der Waals surface area contributed by atoms with Crippen LogP contribution in [-0.4, -0.2) is 63.8 Å². The lowest BCUT2D eigenvalue weighted by Crippen LogP contribution is -2.37. The molecule has 4 rings (SSSR count). The molecular formula is C24H21Cl2F6N7O4. The zero-order chi connectivity index (χ0) is 32.3. The lowest BCUT2D eigenvalue weighted by molar-refractivity contribution is -0.207. The van der Waals surface area contributed by atoms with Crippen molar-refractivity contribution in [3.63, 3.8) is 0 Å². The number of alkyl halides is 6. The maximum Gasteiger partial charge on any atom is 0.490 e. The van der Waals surface area contributed by atoms with E-state index in [1.807, 2.05) is 0 Å². The van der Waals surface area contributed by atoms with Gasteiger partial charge in [0.25, 0.3) is 0 Å². The van der Waals surface area contributed by atoms with E-state index in [2.05, 4.69) is 15.2 Å². The number of aliphatic carboxylic acids is 1. The zero-order valence-corrected chi connectivity index (χ0v) is 23.2. The molecule has 0 aliphatic carbocycles. The maximum absolute atomic E-state index is 13.1. The lowest BCUT2D eigenvalue weighted by atomic mass is 10.2. The first-order valence-corrected chi connectivity index (χ1v) is 12.6. The van der Waals surface area contributed by atoms with E-state index in [1.165, 1.54) is 28.9 Å². The first-order valence-electron chi connectivity index (χ1n) is 11.8. The molecule has 2 atom stereocenters. The average molecular weight is 656 g/mol. The van der Waals surface area contributed by atoms with E-state index < -0.39 is 42.7 Å². The molecule has 43 heavy (non-hydrogen) atoms. The van der Waals surface area contributed by atoms with Crippen LogP contribution >= 0.6 is 23.2 Å². The van der Waals surface area contributed by atoms with Crippen molar-refractivity contribution in [1.82, 2.24) is 29.1 Å². The van der Waals surface area contributed by atoms with E-state index in [0.29, 0.717) is 27.1 Å². The van der Waals surface area contributed by atoms with Crippen molar-refractivity contribution in [3.8, 4) is 17.1 Å². The van der Waals surface area contributed by atoms with Gasteiger partial charge >= 0.3 is 24.0 Å². The molecule has 19 heteroatoms. The molecule has 0 radical (unpaired) electrons. The Labute approximate surface area is 247 Å². The highest BCUT2D eigenvalue weighted by Gasteiger charge is 2.40. The van der Waals surface area contributed by atoms with Crippen molar-refractivity contribution in [2.75, 3.05) is 0 Å². The Hall–Kier alpha value is -3.93. The number of hydrogen-bond acceptors (Lipinski definition) is 7. The Bertz CT molecular complexity index is 1630. The molecule has 0 spiro atoms. The number of benzene rings is 2. The van der Waals surface area contributed by atoms with E-state index in [-0.39, 0.29) is 18.2 Å². The van der Waals surface area contributed by atoms with Crippen molar-refractivity contribution in [2.24, 2.45) is 5.73 Å². The number of nitrogens with two attached hydrogens (primary N) is 1. The van der Waals surface area contributed by atoms with Crippen LogP contribution in [0.4, 0.5) is 26.3 Å². The Kier molecular flexibility index (Phi) is 10.3. The molecule has 2 aromatic carbocycles. The number of aliphatic hydroxyl groups is 1. The van der Waals surface area contributed by atoms with Gasteiger partial charge in [0, 0.05) is 10.6 Å². The minimum Gasteiger partial charge on any atom is -0.475 e. The maximum atomic E-state index is 13.1. The summed E-state index contributed by atoms with van der Waals surface area (Å²) in [6.45, 7) is 0.373. The first kappa shape index (κ1) is 33.6. The summed E-state index contributed by atoms with van der Waals surface area (Å²) in [6, 6.07) is 12.3. The van der Waals surface area contributed by atoms with Crippen LogP contribution in [0.25, 0.3) is 17.1 Å². The van der Waals surface area contributed by atoms with E-state index in [4.69, 9.17) is 38.8 Å². The number of rotatable bonds is 7. The second-order valence-electron chi connectivity index (χ2n) is 8.78. The van der Waals surface area contributed by atoms with Crippen LogP contribution in [0, 0.1) is 0 Å². The molecular weight excluding hydrogens is 635 g/mol. The molecule has 0 fully saturated rings. The third kappa shape index (κ3) is 8.34. The lowest BCUT2D eigenvalue weighted by Gasteiger charge is -2.15. The number of carbonyl (C=O) groups is 1.